The van der Waals surface area contributed by atoms with Crippen LogP contribution in [-0.4, -0.2) is 35.3 Å². The highest BCUT2D eigenvalue weighted by atomic mass is 79.9. The van der Waals surface area contributed by atoms with Gasteiger partial charge in [-0.15, -0.1) is 0 Å². The van der Waals surface area contributed by atoms with Crippen LogP contribution in [0, 0.1) is 17.3 Å². The van der Waals surface area contributed by atoms with Crippen LogP contribution in [0.4, 0.5) is 5.69 Å². The summed E-state index contributed by atoms with van der Waals surface area (Å²) in [5, 5.41) is 0. The van der Waals surface area contributed by atoms with E-state index in [1.807, 2.05) is 0 Å². The molecule has 0 aromatic heterocycles. The standard InChI is InChI=1S/C21H27BrN2O/c1-23-6-7-24(13-17-4-2-3-5-18(17)23)19(25)20-9-15-8-16(10-20)12-21(22,11-15)14-20/h2-5,15-16H,6-14H2,1H3. The molecule has 1 amide bonds. The zero-order valence-corrected chi connectivity index (χ0v) is 16.6. The van der Waals surface area contributed by atoms with Crippen molar-refractivity contribution >= 4 is 27.5 Å². The van der Waals surface area contributed by atoms with Crippen LogP contribution >= 0.6 is 15.9 Å². The molecule has 0 spiro atoms. The number of nitrogens with zero attached hydrogens (tertiary/aromatic N) is 2. The average molecular weight is 403 g/mol. The molecule has 1 aromatic carbocycles. The lowest BCUT2D eigenvalue weighted by Gasteiger charge is -2.60. The van der Waals surface area contributed by atoms with E-state index in [9.17, 15) is 4.79 Å². The van der Waals surface area contributed by atoms with Gasteiger partial charge in [-0.25, -0.2) is 0 Å². The van der Waals surface area contributed by atoms with E-state index in [0.29, 0.717) is 5.91 Å². The van der Waals surface area contributed by atoms with E-state index in [2.05, 4.69) is 57.0 Å². The first-order chi connectivity index (χ1) is 12.0. The van der Waals surface area contributed by atoms with Crippen molar-refractivity contribution in [1.82, 2.24) is 4.90 Å². The van der Waals surface area contributed by atoms with Gasteiger partial charge in [0.25, 0.3) is 0 Å². The van der Waals surface area contributed by atoms with Crippen molar-refractivity contribution in [2.75, 3.05) is 25.0 Å². The predicted molar refractivity (Wildman–Crippen MR) is 104 cm³/mol. The molecule has 4 saturated carbocycles. The Kier molecular flexibility index (Phi) is 3.55. The molecule has 0 radical (unpaired) electrons. The number of hydrogen-bond acceptors (Lipinski definition) is 2. The zero-order chi connectivity index (χ0) is 17.2. The number of alkyl halides is 1. The van der Waals surface area contributed by atoms with E-state index < -0.39 is 0 Å². The van der Waals surface area contributed by atoms with Crippen LogP contribution in [0.15, 0.2) is 24.3 Å². The van der Waals surface area contributed by atoms with Crippen LogP contribution in [0.1, 0.15) is 44.1 Å². The van der Waals surface area contributed by atoms with Crippen LogP contribution in [0.5, 0.6) is 0 Å². The first-order valence-corrected chi connectivity index (χ1v) is 10.5. The maximum Gasteiger partial charge on any atom is 0.229 e. The largest absolute Gasteiger partial charge is 0.373 e. The number of benzene rings is 1. The summed E-state index contributed by atoms with van der Waals surface area (Å²) in [7, 11) is 2.14. The maximum atomic E-state index is 13.7. The average Bonchev–Trinajstić information content (AvgIpc) is 2.71. The molecule has 2 unspecified atom stereocenters. The number of halogens is 1. The van der Waals surface area contributed by atoms with E-state index in [0.717, 1.165) is 50.7 Å². The molecule has 1 aliphatic heterocycles. The fourth-order valence-corrected chi connectivity index (χ4v) is 8.05. The molecule has 25 heavy (non-hydrogen) atoms. The van der Waals surface area contributed by atoms with Crippen molar-refractivity contribution in [3.8, 4) is 0 Å². The minimum absolute atomic E-state index is 0.0918. The number of likely N-dealkylation sites (N-methyl/N-ethyl adjacent to an activating group) is 1. The molecule has 0 saturated heterocycles. The topological polar surface area (TPSA) is 23.6 Å². The van der Waals surface area contributed by atoms with Gasteiger partial charge in [0.15, 0.2) is 0 Å². The lowest BCUT2D eigenvalue weighted by molar-refractivity contribution is -0.156. The molecule has 4 fully saturated rings. The lowest BCUT2D eigenvalue weighted by Crippen LogP contribution is -2.59. The smallest absolute Gasteiger partial charge is 0.229 e. The number of para-hydroxylation sites is 1. The molecule has 1 aromatic rings. The highest BCUT2D eigenvalue weighted by Gasteiger charge is 2.60. The SMILES string of the molecule is CN1CCN(C(=O)C23CC4CC(CC(Br)(C4)C2)C3)Cc2ccccc21. The summed E-state index contributed by atoms with van der Waals surface area (Å²) in [5.41, 5.74) is 2.47. The molecule has 4 bridgehead atoms. The highest BCUT2D eigenvalue weighted by molar-refractivity contribution is 9.10. The normalized spacial score (nSPS) is 39.3. The quantitative estimate of drug-likeness (QED) is 0.657. The van der Waals surface area contributed by atoms with Crippen LogP contribution in [0.3, 0.4) is 0 Å². The third-order valence-electron chi connectivity index (χ3n) is 7.20. The third-order valence-corrected chi connectivity index (χ3v) is 8.13. The molecule has 2 atom stereocenters. The van der Waals surface area contributed by atoms with Gasteiger partial charge < -0.3 is 9.80 Å². The van der Waals surface area contributed by atoms with Gasteiger partial charge in [0.05, 0.1) is 5.41 Å². The number of hydrogen-bond donors (Lipinski definition) is 0. The summed E-state index contributed by atoms with van der Waals surface area (Å²) >= 11 is 4.06. The van der Waals surface area contributed by atoms with Gasteiger partial charge in [0, 0.05) is 36.7 Å². The maximum absolute atomic E-state index is 13.7. The Morgan fingerprint density at radius 3 is 2.56 bits per heavy atom. The van der Waals surface area contributed by atoms with Crippen LogP contribution in [0.25, 0.3) is 0 Å². The number of carbonyl (C=O) groups is 1. The summed E-state index contributed by atoms with van der Waals surface area (Å²) in [4.78, 5) is 18.2. The second-order valence-corrected chi connectivity index (χ2v) is 10.9. The summed E-state index contributed by atoms with van der Waals surface area (Å²) < 4.78 is 0.243. The van der Waals surface area contributed by atoms with Gasteiger partial charge in [-0.05, 0) is 62.0 Å². The molecule has 6 rings (SSSR count). The van der Waals surface area contributed by atoms with Crippen LogP contribution in [-0.2, 0) is 11.3 Å². The third kappa shape index (κ3) is 2.55. The summed E-state index contributed by atoms with van der Waals surface area (Å²) in [6, 6.07) is 8.56. The van der Waals surface area contributed by atoms with Crippen molar-refractivity contribution in [1.29, 1.82) is 0 Å². The minimum Gasteiger partial charge on any atom is -0.373 e. The predicted octanol–water partition coefficient (Wildman–Crippen LogP) is 4.20. The first kappa shape index (κ1) is 16.2. The van der Waals surface area contributed by atoms with E-state index in [1.165, 1.54) is 30.5 Å². The highest BCUT2D eigenvalue weighted by Crippen LogP contribution is 2.64. The van der Waals surface area contributed by atoms with E-state index >= 15 is 0 Å². The zero-order valence-electron chi connectivity index (χ0n) is 15.0. The molecular weight excluding hydrogens is 376 g/mol. The Morgan fingerprint density at radius 1 is 1.12 bits per heavy atom. The van der Waals surface area contributed by atoms with E-state index in [1.54, 1.807) is 0 Å². The van der Waals surface area contributed by atoms with Crippen molar-refractivity contribution in [3.05, 3.63) is 29.8 Å². The summed E-state index contributed by atoms with van der Waals surface area (Å²) in [5.74, 6) is 1.95. The van der Waals surface area contributed by atoms with E-state index in [-0.39, 0.29) is 9.74 Å². The van der Waals surface area contributed by atoms with Crippen molar-refractivity contribution < 1.29 is 4.79 Å². The fraction of sp³-hybridized carbons (Fsp3) is 0.667. The summed E-state index contributed by atoms with van der Waals surface area (Å²) in [6.07, 6.45) is 7.23. The molecule has 4 heteroatoms. The monoisotopic (exact) mass is 402 g/mol. The van der Waals surface area contributed by atoms with Gasteiger partial charge >= 0.3 is 0 Å². The van der Waals surface area contributed by atoms with Gasteiger partial charge in [-0.2, -0.15) is 0 Å². The number of rotatable bonds is 1. The van der Waals surface area contributed by atoms with Gasteiger partial charge in [0.2, 0.25) is 5.91 Å². The minimum atomic E-state index is -0.0918. The molecule has 4 aliphatic carbocycles. The van der Waals surface area contributed by atoms with Gasteiger partial charge in [0.1, 0.15) is 0 Å². The van der Waals surface area contributed by atoms with Crippen LogP contribution in [0.2, 0.25) is 0 Å². The fourth-order valence-electron chi connectivity index (χ4n) is 6.60. The Balaban J connectivity index is 1.45. The molecule has 0 N–H and O–H groups in total. The second-order valence-electron chi connectivity index (χ2n) is 9.17. The summed E-state index contributed by atoms with van der Waals surface area (Å²) in [6.45, 7) is 2.53. The number of fused-ring (bicyclic) bond motifs is 1. The van der Waals surface area contributed by atoms with E-state index in [4.69, 9.17) is 0 Å². The van der Waals surface area contributed by atoms with Crippen LogP contribution < -0.4 is 4.90 Å². The number of anilines is 1. The van der Waals surface area contributed by atoms with Gasteiger partial charge in [-0.1, -0.05) is 34.1 Å². The Morgan fingerprint density at radius 2 is 1.84 bits per heavy atom. The Bertz CT molecular complexity index is 704. The second kappa shape index (κ2) is 5.48. The molecule has 5 aliphatic rings. The van der Waals surface area contributed by atoms with Crippen molar-refractivity contribution in [2.24, 2.45) is 17.3 Å². The van der Waals surface area contributed by atoms with Crippen molar-refractivity contribution in [2.45, 2.75) is 49.4 Å². The van der Waals surface area contributed by atoms with Crippen molar-refractivity contribution in [3.63, 3.8) is 0 Å². The van der Waals surface area contributed by atoms with Gasteiger partial charge in [-0.3, -0.25) is 4.79 Å². The first-order valence-electron chi connectivity index (χ1n) is 9.74. The Labute approximate surface area is 158 Å². The molecular formula is C21H27BrN2O. The Hall–Kier alpha value is -1.03. The molecule has 1 heterocycles. The lowest BCUT2D eigenvalue weighted by atomic mass is 9.49. The number of amides is 1. The molecule has 134 valence electrons. The molecule has 3 nitrogen and oxygen atoms in total. The number of carbonyl (C=O) groups excluding carboxylic acids is 1.